The number of H-pyrrole nitrogens is 1. The van der Waals surface area contributed by atoms with E-state index in [9.17, 15) is 4.79 Å². The van der Waals surface area contributed by atoms with Crippen LogP contribution in [0, 0.1) is 0 Å². The molecule has 2 aromatic carbocycles. The number of aromatic nitrogens is 1. The van der Waals surface area contributed by atoms with Gasteiger partial charge in [0, 0.05) is 23.5 Å². The van der Waals surface area contributed by atoms with Crippen LogP contribution in [0.4, 0.5) is 0 Å². The van der Waals surface area contributed by atoms with Crippen LogP contribution in [-0.4, -0.2) is 30.0 Å². The number of carbonyl (C=O) groups is 1. The predicted octanol–water partition coefficient (Wildman–Crippen LogP) is 3.47. The van der Waals surface area contributed by atoms with Crippen LogP contribution in [0.25, 0.3) is 22.0 Å². The van der Waals surface area contributed by atoms with Crippen molar-refractivity contribution in [3.05, 3.63) is 60.3 Å². The Morgan fingerprint density at radius 2 is 1.78 bits per heavy atom. The zero-order chi connectivity index (χ0) is 17.6. The topological polar surface area (TPSA) is 96.9 Å². The van der Waals surface area contributed by atoms with Crippen LogP contribution >= 0.6 is 24.8 Å². The van der Waals surface area contributed by atoms with Crippen LogP contribution < -0.4 is 16.8 Å². The predicted molar refractivity (Wildman–Crippen MR) is 117 cm³/mol. The third-order valence-corrected chi connectivity index (χ3v) is 4.28. The van der Waals surface area contributed by atoms with Gasteiger partial charge >= 0.3 is 0 Å². The fraction of sp³-hybridized carbons (Fsp3) is 0.250. The summed E-state index contributed by atoms with van der Waals surface area (Å²) in [6, 6.07) is 18.1. The van der Waals surface area contributed by atoms with E-state index in [1.165, 1.54) is 0 Å². The van der Waals surface area contributed by atoms with Crippen molar-refractivity contribution < 1.29 is 4.79 Å². The monoisotopic (exact) mass is 408 g/mol. The lowest BCUT2D eigenvalue weighted by atomic mass is 10.0. The van der Waals surface area contributed by atoms with Crippen molar-refractivity contribution in [3.8, 4) is 11.1 Å². The molecule has 0 aliphatic heterocycles. The summed E-state index contributed by atoms with van der Waals surface area (Å²) in [6.07, 6.45) is 1.68. The summed E-state index contributed by atoms with van der Waals surface area (Å²) in [5.41, 5.74) is 15.2. The molecule has 27 heavy (non-hydrogen) atoms. The lowest BCUT2D eigenvalue weighted by Gasteiger charge is -2.11. The Bertz CT molecular complexity index is 852. The molecule has 0 spiro atoms. The molecule has 0 saturated carbocycles. The van der Waals surface area contributed by atoms with Crippen molar-refractivity contribution in [2.75, 3.05) is 13.1 Å². The molecule has 1 amide bonds. The van der Waals surface area contributed by atoms with Crippen molar-refractivity contribution in [3.63, 3.8) is 0 Å². The quantitative estimate of drug-likeness (QED) is 0.481. The lowest BCUT2D eigenvalue weighted by Crippen LogP contribution is -2.37. The first-order valence-electron chi connectivity index (χ1n) is 8.59. The number of rotatable bonds is 7. The summed E-state index contributed by atoms with van der Waals surface area (Å²) in [6.45, 7) is 1.07. The maximum Gasteiger partial charge on any atom is 0.267 e. The summed E-state index contributed by atoms with van der Waals surface area (Å²) in [5.74, 6) is -0.138. The van der Waals surface area contributed by atoms with E-state index < -0.39 is 0 Å². The molecule has 5 nitrogen and oxygen atoms in total. The third-order valence-electron chi connectivity index (χ3n) is 4.28. The minimum Gasteiger partial charge on any atom is -0.351 e. The molecule has 1 atom stereocenters. The molecule has 0 radical (unpaired) electrons. The first-order chi connectivity index (χ1) is 12.2. The minimum atomic E-state index is -0.138. The highest BCUT2D eigenvalue weighted by atomic mass is 35.5. The highest BCUT2D eigenvalue weighted by Crippen LogP contribution is 2.24. The van der Waals surface area contributed by atoms with Gasteiger partial charge < -0.3 is 21.8 Å². The summed E-state index contributed by atoms with van der Waals surface area (Å²) >= 11 is 0. The Kier molecular flexibility index (Phi) is 9.32. The molecule has 0 aliphatic carbocycles. The molecule has 0 fully saturated rings. The SMILES string of the molecule is Cl.Cl.NCCC[C@@H](N)CNC(=O)c1cc2ccc(-c3ccccc3)cc2[nH]1. The van der Waals surface area contributed by atoms with Crippen molar-refractivity contribution in [1.82, 2.24) is 10.3 Å². The number of amides is 1. The van der Waals surface area contributed by atoms with Crippen LogP contribution in [0.2, 0.25) is 0 Å². The summed E-state index contributed by atoms with van der Waals surface area (Å²) in [7, 11) is 0. The van der Waals surface area contributed by atoms with Gasteiger partial charge in [0.1, 0.15) is 5.69 Å². The van der Waals surface area contributed by atoms with Crippen LogP contribution in [0.3, 0.4) is 0 Å². The summed E-state index contributed by atoms with van der Waals surface area (Å²) < 4.78 is 0. The molecule has 146 valence electrons. The number of nitrogens with one attached hydrogen (secondary N) is 2. The first-order valence-corrected chi connectivity index (χ1v) is 8.59. The van der Waals surface area contributed by atoms with Crippen LogP contribution in [0.5, 0.6) is 0 Å². The van der Waals surface area contributed by atoms with Gasteiger partial charge in [0.25, 0.3) is 5.91 Å². The molecular formula is C20H26Cl2N4O. The largest absolute Gasteiger partial charge is 0.351 e. The van der Waals surface area contributed by atoms with Gasteiger partial charge in [-0.2, -0.15) is 0 Å². The first kappa shape index (κ1) is 23.0. The second-order valence-corrected chi connectivity index (χ2v) is 6.25. The fourth-order valence-corrected chi connectivity index (χ4v) is 2.86. The number of fused-ring (bicyclic) bond motifs is 1. The van der Waals surface area contributed by atoms with Crippen molar-refractivity contribution in [1.29, 1.82) is 0 Å². The van der Waals surface area contributed by atoms with E-state index in [2.05, 4.69) is 34.6 Å². The van der Waals surface area contributed by atoms with Gasteiger partial charge in [-0.1, -0.05) is 42.5 Å². The fourth-order valence-electron chi connectivity index (χ4n) is 2.86. The minimum absolute atomic E-state index is 0. The molecule has 3 aromatic rings. The van der Waals surface area contributed by atoms with E-state index in [4.69, 9.17) is 11.5 Å². The average Bonchev–Trinajstić information content (AvgIpc) is 3.08. The van der Waals surface area contributed by atoms with Crippen LogP contribution in [-0.2, 0) is 0 Å². The molecule has 7 heteroatoms. The Labute approximate surface area is 171 Å². The van der Waals surface area contributed by atoms with E-state index >= 15 is 0 Å². The van der Waals surface area contributed by atoms with Gasteiger partial charge in [0.05, 0.1) is 0 Å². The second kappa shape index (κ2) is 10.9. The molecule has 0 saturated heterocycles. The number of nitrogens with two attached hydrogens (primary N) is 2. The highest BCUT2D eigenvalue weighted by Gasteiger charge is 2.11. The number of hydrogen-bond donors (Lipinski definition) is 4. The number of aromatic amines is 1. The molecule has 1 heterocycles. The van der Waals surface area contributed by atoms with Crippen molar-refractivity contribution in [2.24, 2.45) is 11.5 Å². The normalized spacial score (nSPS) is 11.3. The zero-order valence-electron chi connectivity index (χ0n) is 15.0. The summed E-state index contributed by atoms with van der Waals surface area (Å²) in [4.78, 5) is 15.5. The molecule has 3 rings (SSSR count). The van der Waals surface area contributed by atoms with Gasteiger partial charge in [-0.05, 0) is 42.6 Å². The second-order valence-electron chi connectivity index (χ2n) is 6.25. The van der Waals surface area contributed by atoms with Gasteiger partial charge in [-0.3, -0.25) is 4.79 Å². The van der Waals surface area contributed by atoms with E-state index in [0.717, 1.165) is 34.9 Å². The number of hydrogen-bond acceptors (Lipinski definition) is 3. The van der Waals surface area contributed by atoms with Gasteiger partial charge in [0.15, 0.2) is 0 Å². The van der Waals surface area contributed by atoms with Crippen LogP contribution in [0.15, 0.2) is 54.6 Å². The van der Waals surface area contributed by atoms with Gasteiger partial charge in [-0.25, -0.2) is 0 Å². The van der Waals surface area contributed by atoms with E-state index in [-0.39, 0.29) is 36.8 Å². The molecular weight excluding hydrogens is 383 g/mol. The van der Waals surface area contributed by atoms with E-state index in [1.54, 1.807) is 0 Å². The standard InChI is InChI=1S/C20H24N4O.2ClH/c21-10-4-7-17(22)13-23-20(25)19-12-16-9-8-15(11-18(16)24-19)14-5-2-1-3-6-14;;/h1-3,5-6,8-9,11-12,17,24H,4,7,10,13,21-22H2,(H,23,25);2*1H/t17-;;/m1../s1. The van der Waals surface area contributed by atoms with E-state index in [1.807, 2.05) is 30.3 Å². The van der Waals surface area contributed by atoms with Gasteiger partial charge in [0.2, 0.25) is 0 Å². The zero-order valence-corrected chi connectivity index (χ0v) is 16.6. The van der Waals surface area contributed by atoms with E-state index in [0.29, 0.717) is 18.8 Å². The molecule has 1 aromatic heterocycles. The van der Waals surface area contributed by atoms with Gasteiger partial charge in [-0.15, -0.1) is 24.8 Å². The maximum atomic E-state index is 12.3. The van der Waals surface area contributed by atoms with Crippen molar-refractivity contribution in [2.45, 2.75) is 18.9 Å². The van der Waals surface area contributed by atoms with Crippen molar-refractivity contribution >= 4 is 41.6 Å². The molecule has 0 aliphatic rings. The third kappa shape index (κ3) is 5.97. The Morgan fingerprint density at radius 3 is 2.48 bits per heavy atom. The van der Waals surface area contributed by atoms with Crippen LogP contribution in [0.1, 0.15) is 23.3 Å². The smallest absolute Gasteiger partial charge is 0.267 e. The average molecular weight is 409 g/mol. The molecule has 0 unspecified atom stereocenters. The lowest BCUT2D eigenvalue weighted by molar-refractivity contribution is 0.0946. The Balaban J connectivity index is 0.00000182. The number of carbonyl (C=O) groups excluding carboxylic acids is 1. The Morgan fingerprint density at radius 1 is 1.04 bits per heavy atom. The summed E-state index contributed by atoms with van der Waals surface area (Å²) in [5, 5.41) is 3.89. The molecule has 0 bridgehead atoms. The highest BCUT2D eigenvalue weighted by molar-refractivity contribution is 5.98. The number of benzene rings is 2. The molecule has 6 N–H and O–H groups in total. The maximum absolute atomic E-state index is 12.3. The number of halogens is 2. The Hall–Kier alpha value is -2.05.